The van der Waals surface area contributed by atoms with Crippen molar-refractivity contribution in [2.45, 2.75) is 44.3 Å². The lowest BCUT2D eigenvalue weighted by Gasteiger charge is -2.39. The van der Waals surface area contributed by atoms with Gasteiger partial charge in [0.15, 0.2) is 0 Å². The maximum atomic E-state index is 12.5. The Morgan fingerprint density at radius 3 is 2.04 bits per heavy atom. The summed E-state index contributed by atoms with van der Waals surface area (Å²) in [5, 5.41) is 0. The second-order valence-electron chi connectivity index (χ2n) is 6.57. The molecule has 0 unspecified atom stereocenters. The van der Waals surface area contributed by atoms with E-state index < -0.39 is 11.7 Å². The topological polar surface area (TPSA) is 52.6 Å². The van der Waals surface area contributed by atoms with E-state index in [0.717, 1.165) is 12.8 Å². The molecular weight excluding hydrogens is 316 g/mol. The summed E-state index contributed by atoms with van der Waals surface area (Å²) in [5.41, 5.74) is 0.197. The van der Waals surface area contributed by atoms with Gasteiger partial charge in [0.1, 0.15) is 11.7 Å². The van der Waals surface area contributed by atoms with Crippen molar-refractivity contribution >= 4 is 11.9 Å². The smallest absolute Gasteiger partial charge is 0.338 e. The van der Waals surface area contributed by atoms with Crippen LogP contribution in [0.15, 0.2) is 60.7 Å². The first kappa shape index (κ1) is 17.2. The fourth-order valence-electron chi connectivity index (χ4n) is 3.19. The lowest BCUT2D eigenvalue weighted by Crippen LogP contribution is -2.48. The van der Waals surface area contributed by atoms with Gasteiger partial charge in [0, 0.05) is 0 Å². The van der Waals surface area contributed by atoms with Crippen LogP contribution in [0.1, 0.15) is 53.3 Å². The lowest BCUT2D eigenvalue weighted by molar-refractivity contribution is -0.106. The first-order valence-electron chi connectivity index (χ1n) is 8.63. The second kappa shape index (κ2) is 7.51. The molecule has 130 valence electrons. The van der Waals surface area contributed by atoms with Crippen molar-refractivity contribution in [3.8, 4) is 0 Å². The Kier molecular flexibility index (Phi) is 5.17. The molecule has 0 aliphatic heterocycles. The minimum Gasteiger partial charge on any atom is -0.455 e. The molecule has 2 aromatic rings. The van der Waals surface area contributed by atoms with Gasteiger partial charge in [0.2, 0.25) is 0 Å². The third-order valence-electron chi connectivity index (χ3n) is 4.66. The maximum Gasteiger partial charge on any atom is 0.338 e. The third-order valence-corrected chi connectivity index (χ3v) is 4.66. The van der Waals surface area contributed by atoms with E-state index >= 15 is 0 Å². The van der Waals surface area contributed by atoms with Gasteiger partial charge in [0.05, 0.1) is 11.1 Å². The number of hydrogen-bond donors (Lipinski definition) is 0. The molecule has 2 atom stereocenters. The molecule has 0 amide bonds. The standard InChI is InChI=1S/C21H22O4/c1-21(25-20(23)17-12-6-3-7-13-17)15-9-8-14-18(21)24-19(22)16-10-4-2-5-11-16/h2-7,10-13,18H,8-9,14-15H2,1H3/t18-,21-/m0/s1. The molecule has 1 saturated carbocycles. The molecule has 0 aromatic heterocycles. The highest BCUT2D eigenvalue weighted by molar-refractivity contribution is 5.90. The zero-order valence-electron chi connectivity index (χ0n) is 14.3. The van der Waals surface area contributed by atoms with E-state index in [-0.39, 0.29) is 11.9 Å². The number of benzene rings is 2. The van der Waals surface area contributed by atoms with Crippen molar-refractivity contribution in [3.63, 3.8) is 0 Å². The average molecular weight is 338 g/mol. The summed E-state index contributed by atoms with van der Waals surface area (Å²) in [4.78, 5) is 24.9. The van der Waals surface area contributed by atoms with Crippen molar-refractivity contribution in [1.82, 2.24) is 0 Å². The maximum absolute atomic E-state index is 12.5. The molecule has 1 aliphatic rings. The normalized spacial score (nSPS) is 22.8. The Morgan fingerprint density at radius 1 is 0.880 bits per heavy atom. The van der Waals surface area contributed by atoms with Crippen molar-refractivity contribution in [2.24, 2.45) is 0 Å². The summed E-state index contributed by atoms with van der Waals surface area (Å²) < 4.78 is 11.5. The highest BCUT2D eigenvalue weighted by atomic mass is 16.6. The van der Waals surface area contributed by atoms with Crippen LogP contribution < -0.4 is 0 Å². The van der Waals surface area contributed by atoms with Gasteiger partial charge in [-0.2, -0.15) is 0 Å². The summed E-state index contributed by atoms with van der Waals surface area (Å²) in [6.07, 6.45) is 2.82. The van der Waals surface area contributed by atoms with Crippen molar-refractivity contribution < 1.29 is 19.1 Å². The zero-order valence-corrected chi connectivity index (χ0v) is 14.3. The number of esters is 2. The molecule has 4 nitrogen and oxygen atoms in total. The van der Waals surface area contributed by atoms with E-state index in [2.05, 4.69) is 0 Å². The molecule has 0 bridgehead atoms. The Hall–Kier alpha value is -2.62. The van der Waals surface area contributed by atoms with Gasteiger partial charge in [-0.25, -0.2) is 9.59 Å². The molecule has 25 heavy (non-hydrogen) atoms. The molecule has 2 aromatic carbocycles. The fourth-order valence-corrected chi connectivity index (χ4v) is 3.19. The predicted molar refractivity (Wildman–Crippen MR) is 94.4 cm³/mol. The molecule has 0 saturated heterocycles. The second-order valence-corrected chi connectivity index (χ2v) is 6.57. The largest absolute Gasteiger partial charge is 0.455 e. The molecule has 0 N–H and O–H groups in total. The van der Waals surface area contributed by atoms with E-state index in [1.165, 1.54) is 0 Å². The summed E-state index contributed by atoms with van der Waals surface area (Å²) in [7, 11) is 0. The van der Waals surface area contributed by atoms with Crippen LogP contribution in [-0.2, 0) is 9.47 Å². The zero-order chi connectivity index (χ0) is 17.7. The van der Waals surface area contributed by atoms with Gasteiger partial charge >= 0.3 is 11.9 Å². The number of carbonyl (C=O) groups is 2. The van der Waals surface area contributed by atoms with E-state index in [1.807, 2.05) is 19.1 Å². The number of rotatable bonds is 4. The van der Waals surface area contributed by atoms with E-state index in [0.29, 0.717) is 24.0 Å². The number of hydrogen-bond acceptors (Lipinski definition) is 4. The van der Waals surface area contributed by atoms with Gasteiger partial charge in [-0.3, -0.25) is 0 Å². The molecule has 0 heterocycles. The average Bonchev–Trinajstić information content (AvgIpc) is 2.65. The summed E-state index contributed by atoms with van der Waals surface area (Å²) in [5.74, 6) is -0.764. The van der Waals surface area contributed by atoms with E-state index in [1.54, 1.807) is 48.5 Å². The fraction of sp³-hybridized carbons (Fsp3) is 0.333. The van der Waals surface area contributed by atoms with Crippen molar-refractivity contribution in [1.29, 1.82) is 0 Å². The van der Waals surface area contributed by atoms with Crippen LogP contribution in [0.2, 0.25) is 0 Å². The molecule has 0 radical (unpaired) electrons. The van der Waals surface area contributed by atoms with Gasteiger partial charge in [-0.05, 0) is 56.9 Å². The molecule has 0 spiro atoms. The number of ether oxygens (including phenoxy) is 2. The van der Waals surface area contributed by atoms with Crippen LogP contribution in [0.5, 0.6) is 0 Å². The van der Waals surface area contributed by atoms with Gasteiger partial charge in [-0.15, -0.1) is 0 Å². The quantitative estimate of drug-likeness (QED) is 0.775. The first-order valence-corrected chi connectivity index (χ1v) is 8.63. The number of carbonyl (C=O) groups excluding carboxylic acids is 2. The van der Waals surface area contributed by atoms with Gasteiger partial charge in [-0.1, -0.05) is 36.4 Å². The minimum atomic E-state index is -0.810. The third kappa shape index (κ3) is 4.08. The molecule has 1 fully saturated rings. The van der Waals surface area contributed by atoms with E-state index in [4.69, 9.17) is 9.47 Å². The van der Waals surface area contributed by atoms with Crippen LogP contribution in [0.3, 0.4) is 0 Å². The van der Waals surface area contributed by atoms with Crippen LogP contribution in [0, 0.1) is 0 Å². The Balaban J connectivity index is 1.73. The Morgan fingerprint density at radius 2 is 1.44 bits per heavy atom. The molecule has 4 heteroatoms. The summed E-state index contributed by atoms with van der Waals surface area (Å²) >= 11 is 0. The summed E-state index contributed by atoms with van der Waals surface area (Å²) in [6.45, 7) is 1.86. The lowest BCUT2D eigenvalue weighted by atomic mass is 9.83. The Bertz CT molecular complexity index is 726. The van der Waals surface area contributed by atoms with E-state index in [9.17, 15) is 9.59 Å². The molecule has 3 rings (SSSR count). The highest BCUT2D eigenvalue weighted by Gasteiger charge is 2.43. The van der Waals surface area contributed by atoms with Crippen LogP contribution in [0.4, 0.5) is 0 Å². The SMILES string of the molecule is C[C@]1(OC(=O)c2ccccc2)CCCC[C@@H]1OC(=O)c1ccccc1. The van der Waals surface area contributed by atoms with Gasteiger partial charge in [0.25, 0.3) is 0 Å². The Labute approximate surface area is 147 Å². The minimum absolute atomic E-state index is 0.380. The molecular formula is C21H22O4. The predicted octanol–water partition coefficient (Wildman–Crippen LogP) is 4.40. The van der Waals surface area contributed by atoms with Crippen LogP contribution >= 0.6 is 0 Å². The summed E-state index contributed by atoms with van der Waals surface area (Å²) in [6, 6.07) is 17.8. The van der Waals surface area contributed by atoms with Crippen LogP contribution in [-0.4, -0.2) is 23.6 Å². The van der Waals surface area contributed by atoms with Crippen molar-refractivity contribution in [3.05, 3.63) is 71.8 Å². The molecule has 1 aliphatic carbocycles. The van der Waals surface area contributed by atoms with Crippen LogP contribution in [0.25, 0.3) is 0 Å². The first-order chi connectivity index (χ1) is 12.1. The highest BCUT2D eigenvalue weighted by Crippen LogP contribution is 2.35. The van der Waals surface area contributed by atoms with Crippen molar-refractivity contribution in [2.75, 3.05) is 0 Å². The van der Waals surface area contributed by atoms with Gasteiger partial charge < -0.3 is 9.47 Å². The monoisotopic (exact) mass is 338 g/mol.